The Hall–Kier alpha value is -1.56. The van der Waals surface area contributed by atoms with Gasteiger partial charge in [0, 0.05) is 6.54 Å². The molecule has 1 aromatic rings. The van der Waals surface area contributed by atoms with E-state index in [1.807, 2.05) is 0 Å². The van der Waals surface area contributed by atoms with Crippen molar-refractivity contribution in [2.24, 2.45) is 0 Å². The summed E-state index contributed by atoms with van der Waals surface area (Å²) in [6, 6.07) is 0. The summed E-state index contributed by atoms with van der Waals surface area (Å²) in [6.07, 6.45) is 1.19. The standard InChI is InChI=1S/C8H11ClN4O2/c1-2-11-5(14)3-13-4-12-7(9)6(10)8(13)15/h4H,2-3,10H2,1H3,(H,11,14). The Labute approximate surface area is 91.1 Å². The summed E-state index contributed by atoms with van der Waals surface area (Å²) in [5.41, 5.74) is 4.71. The van der Waals surface area contributed by atoms with E-state index in [0.717, 1.165) is 4.57 Å². The van der Waals surface area contributed by atoms with Crippen molar-refractivity contribution < 1.29 is 4.79 Å². The van der Waals surface area contributed by atoms with E-state index in [4.69, 9.17) is 17.3 Å². The molecule has 0 saturated carbocycles. The Balaban J connectivity index is 2.92. The van der Waals surface area contributed by atoms with Crippen LogP contribution in [0.5, 0.6) is 0 Å². The number of likely N-dealkylation sites (N-methyl/N-ethyl adjacent to an activating group) is 1. The second-order valence-electron chi connectivity index (χ2n) is 2.84. The fraction of sp³-hybridized carbons (Fsp3) is 0.375. The lowest BCUT2D eigenvalue weighted by atomic mass is 10.5. The zero-order chi connectivity index (χ0) is 11.4. The molecule has 7 heteroatoms. The molecule has 3 N–H and O–H groups in total. The van der Waals surface area contributed by atoms with E-state index in [-0.39, 0.29) is 23.3 Å². The molecule has 0 saturated heterocycles. The summed E-state index contributed by atoms with van der Waals surface area (Å²) in [7, 11) is 0. The maximum absolute atomic E-state index is 11.5. The molecule has 0 radical (unpaired) electrons. The number of rotatable bonds is 3. The largest absolute Gasteiger partial charge is 0.392 e. The maximum Gasteiger partial charge on any atom is 0.278 e. The number of amides is 1. The number of halogens is 1. The van der Waals surface area contributed by atoms with Crippen LogP contribution >= 0.6 is 11.6 Å². The molecule has 1 amide bonds. The van der Waals surface area contributed by atoms with Gasteiger partial charge in [-0.1, -0.05) is 11.6 Å². The summed E-state index contributed by atoms with van der Waals surface area (Å²) in [6.45, 7) is 2.18. The highest BCUT2D eigenvalue weighted by molar-refractivity contribution is 6.31. The van der Waals surface area contributed by atoms with Crippen LogP contribution in [0, 0.1) is 0 Å². The van der Waals surface area contributed by atoms with Crippen molar-refractivity contribution >= 4 is 23.2 Å². The number of aromatic nitrogens is 2. The van der Waals surface area contributed by atoms with Gasteiger partial charge in [0.1, 0.15) is 12.2 Å². The van der Waals surface area contributed by atoms with Gasteiger partial charge in [0.15, 0.2) is 5.15 Å². The van der Waals surface area contributed by atoms with Crippen LogP contribution in [-0.4, -0.2) is 22.0 Å². The van der Waals surface area contributed by atoms with Crippen molar-refractivity contribution in [2.75, 3.05) is 12.3 Å². The van der Waals surface area contributed by atoms with Crippen LogP contribution in [0.2, 0.25) is 5.15 Å². The van der Waals surface area contributed by atoms with Gasteiger partial charge in [0.05, 0.1) is 6.33 Å². The first-order valence-corrected chi connectivity index (χ1v) is 4.71. The highest BCUT2D eigenvalue weighted by Crippen LogP contribution is 2.07. The van der Waals surface area contributed by atoms with Gasteiger partial charge in [-0.3, -0.25) is 14.2 Å². The molecule has 0 aliphatic heterocycles. The first kappa shape index (κ1) is 11.5. The molecule has 1 heterocycles. The average Bonchev–Trinajstić information content (AvgIpc) is 2.20. The van der Waals surface area contributed by atoms with E-state index in [0.29, 0.717) is 6.54 Å². The normalized spacial score (nSPS) is 10.0. The van der Waals surface area contributed by atoms with Crippen LogP contribution in [0.4, 0.5) is 5.69 Å². The minimum absolute atomic E-state index is 0.0489. The van der Waals surface area contributed by atoms with Crippen LogP contribution < -0.4 is 16.6 Å². The van der Waals surface area contributed by atoms with E-state index >= 15 is 0 Å². The van der Waals surface area contributed by atoms with Crippen LogP contribution in [0.1, 0.15) is 6.92 Å². The van der Waals surface area contributed by atoms with E-state index in [1.54, 1.807) is 6.92 Å². The highest BCUT2D eigenvalue weighted by atomic mass is 35.5. The number of carbonyl (C=O) groups excluding carboxylic acids is 1. The van der Waals surface area contributed by atoms with Crippen LogP contribution in [-0.2, 0) is 11.3 Å². The minimum atomic E-state index is -0.513. The lowest BCUT2D eigenvalue weighted by molar-refractivity contribution is -0.121. The number of hydrogen-bond donors (Lipinski definition) is 2. The van der Waals surface area contributed by atoms with Gasteiger partial charge in [-0.2, -0.15) is 0 Å². The van der Waals surface area contributed by atoms with Crippen LogP contribution in [0.3, 0.4) is 0 Å². The van der Waals surface area contributed by atoms with Gasteiger partial charge < -0.3 is 11.1 Å². The number of nitrogens with two attached hydrogens (primary N) is 1. The summed E-state index contributed by atoms with van der Waals surface area (Å²) in [4.78, 5) is 26.3. The first-order valence-electron chi connectivity index (χ1n) is 4.33. The lowest BCUT2D eigenvalue weighted by Gasteiger charge is -2.06. The first-order chi connectivity index (χ1) is 7.06. The van der Waals surface area contributed by atoms with Gasteiger partial charge in [0.2, 0.25) is 5.91 Å². The van der Waals surface area contributed by atoms with Gasteiger partial charge >= 0.3 is 0 Å². The Morgan fingerprint density at radius 2 is 2.40 bits per heavy atom. The van der Waals surface area contributed by atoms with Crippen molar-refractivity contribution in [3.05, 3.63) is 21.8 Å². The van der Waals surface area contributed by atoms with E-state index in [9.17, 15) is 9.59 Å². The third kappa shape index (κ3) is 2.69. The molecule has 0 unspecified atom stereocenters. The van der Waals surface area contributed by atoms with Crippen molar-refractivity contribution in [1.29, 1.82) is 0 Å². The molecule has 82 valence electrons. The fourth-order valence-electron chi connectivity index (χ4n) is 1.01. The van der Waals surface area contributed by atoms with Gasteiger partial charge in [-0.15, -0.1) is 0 Å². The van der Waals surface area contributed by atoms with Crippen molar-refractivity contribution in [1.82, 2.24) is 14.9 Å². The number of carbonyl (C=O) groups is 1. The summed E-state index contributed by atoms with van der Waals surface area (Å²) in [5.74, 6) is -0.275. The Morgan fingerprint density at radius 1 is 1.73 bits per heavy atom. The molecule has 6 nitrogen and oxygen atoms in total. The molecule has 0 aliphatic rings. The third-order valence-corrected chi connectivity index (χ3v) is 2.01. The topological polar surface area (TPSA) is 90.0 Å². The predicted molar refractivity (Wildman–Crippen MR) is 56.6 cm³/mol. The number of nitrogens with zero attached hydrogens (tertiary/aromatic N) is 2. The molecule has 0 fully saturated rings. The quantitative estimate of drug-likeness (QED) is 0.693. The second kappa shape index (κ2) is 4.79. The number of nitrogen functional groups attached to an aromatic ring is 1. The summed E-state index contributed by atoms with van der Waals surface area (Å²) in [5, 5.41) is 2.51. The highest BCUT2D eigenvalue weighted by Gasteiger charge is 2.08. The molecular weight excluding hydrogens is 220 g/mol. The number of hydrogen-bond acceptors (Lipinski definition) is 4. The zero-order valence-corrected chi connectivity index (χ0v) is 8.91. The van der Waals surface area contributed by atoms with Gasteiger partial charge in [-0.05, 0) is 6.92 Å². The third-order valence-electron chi connectivity index (χ3n) is 1.71. The molecule has 15 heavy (non-hydrogen) atoms. The van der Waals surface area contributed by atoms with Gasteiger partial charge in [-0.25, -0.2) is 4.98 Å². The zero-order valence-electron chi connectivity index (χ0n) is 8.16. The molecule has 1 rings (SSSR count). The fourth-order valence-corrected chi connectivity index (χ4v) is 1.13. The molecule has 0 spiro atoms. The Morgan fingerprint density at radius 3 is 3.00 bits per heavy atom. The average molecular weight is 231 g/mol. The molecule has 0 aliphatic carbocycles. The Kier molecular flexibility index (Phi) is 3.68. The van der Waals surface area contributed by atoms with Crippen molar-refractivity contribution in [2.45, 2.75) is 13.5 Å². The maximum atomic E-state index is 11.5. The lowest BCUT2D eigenvalue weighted by Crippen LogP contribution is -2.33. The van der Waals surface area contributed by atoms with Crippen molar-refractivity contribution in [3.8, 4) is 0 Å². The Bertz CT molecular complexity index is 429. The van der Waals surface area contributed by atoms with E-state index in [1.165, 1.54) is 6.33 Å². The SMILES string of the molecule is CCNC(=O)Cn1cnc(Cl)c(N)c1=O. The number of anilines is 1. The summed E-state index contributed by atoms with van der Waals surface area (Å²) >= 11 is 5.53. The smallest absolute Gasteiger partial charge is 0.278 e. The number of nitrogens with one attached hydrogen (secondary N) is 1. The molecule has 1 aromatic heterocycles. The molecule has 0 bridgehead atoms. The van der Waals surface area contributed by atoms with E-state index < -0.39 is 5.56 Å². The predicted octanol–water partition coefficient (Wildman–Crippen LogP) is -0.385. The molecular formula is C8H11ClN4O2. The molecule has 0 aromatic carbocycles. The minimum Gasteiger partial charge on any atom is -0.392 e. The summed E-state index contributed by atoms with van der Waals surface area (Å²) < 4.78 is 1.10. The molecule has 0 atom stereocenters. The van der Waals surface area contributed by atoms with Crippen LogP contribution in [0.25, 0.3) is 0 Å². The van der Waals surface area contributed by atoms with Crippen LogP contribution in [0.15, 0.2) is 11.1 Å². The van der Waals surface area contributed by atoms with E-state index in [2.05, 4.69) is 10.3 Å². The monoisotopic (exact) mass is 230 g/mol. The van der Waals surface area contributed by atoms with Crippen molar-refractivity contribution in [3.63, 3.8) is 0 Å². The second-order valence-corrected chi connectivity index (χ2v) is 3.19. The van der Waals surface area contributed by atoms with Gasteiger partial charge in [0.25, 0.3) is 5.56 Å².